The Kier molecular flexibility index (Phi) is 9.72. The second-order valence-corrected chi connectivity index (χ2v) is 6.63. The van der Waals surface area contributed by atoms with Crippen LogP contribution in [0.4, 0.5) is 13.2 Å². The van der Waals surface area contributed by atoms with Gasteiger partial charge in [0.1, 0.15) is 6.54 Å². The Morgan fingerprint density at radius 1 is 1.17 bits per heavy atom. The Balaban J connectivity index is 4.20. The minimum atomic E-state index is -4.18. The summed E-state index contributed by atoms with van der Waals surface area (Å²) in [4.78, 5) is 17.1. The van der Waals surface area contributed by atoms with Crippen molar-refractivity contribution in [3.8, 4) is 0 Å². The van der Waals surface area contributed by atoms with E-state index in [1.54, 1.807) is 0 Å². The highest BCUT2D eigenvalue weighted by molar-refractivity contribution is 5.85. The SMILES string of the molecule is CCNC(=NCC(=O)NC(C)(C)C)NCCCN(C)CC(F)(F)F. The molecular formula is C15H30F3N5O. The lowest BCUT2D eigenvalue weighted by Crippen LogP contribution is -2.43. The molecule has 0 spiro atoms. The molecular weight excluding hydrogens is 323 g/mol. The van der Waals surface area contributed by atoms with Crippen LogP contribution in [0.5, 0.6) is 0 Å². The van der Waals surface area contributed by atoms with Crippen LogP contribution in [0.25, 0.3) is 0 Å². The summed E-state index contributed by atoms with van der Waals surface area (Å²) in [6, 6.07) is 0. The zero-order chi connectivity index (χ0) is 18.8. The van der Waals surface area contributed by atoms with Crippen LogP contribution < -0.4 is 16.0 Å². The van der Waals surface area contributed by atoms with Crippen molar-refractivity contribution in [1.29, 1.82) is 0 Å². The first-order chi connectivity index (χ1) is 10.9. The van der Waals surface area contributed by atoms with E-state index in [9.17, 15) is 18.0 Å². The average Bonchev–Trinajstić information content (AvgIpc) is 2.36. The normalized spacial score (nSPS) is 13.1. The van der Waals surface area contributed by atoms with Crippen molar-refractivity contribution in [3.05, 3.63) is 0 Å². The molecule has 0 unspecified atom stereocenters. The van der Waals surface area contributed by atoms with Crippen molar-refractivity contribution in [2.75, 3.05) is 39.8 Å². The molecule has 1 amide bonds. The first kappa shape index (κ1) is 22.5. The Morgan fingerprint density at radius 3 is 2.29 bits per heavy atom. The number of aliphatic imine (C=N–C) groups is 1. The molecule has 142 valence electrons. The second-order valence-electron chi connectivity index (χ2n) is 6.63. The molecule has 0 saturated heterocycles. The minimum absolute atomic E-state index is 0.0133. The Morgan fingerprint density at radius 2 is 1.79 bits per heavy atom. The summed E-state index contributed by atoms with van der Waals surface area (Å²) < 4.78 is 36.6. The maximum Gasteiger partial charge on any atom is 0.401 e. The molecule has 0 aliphatic heterocycles. The predicted molar refractivity (Wildman–Crippen MR) is 90.0 cm³/mol. The molecule has 6 nitrogen and oxygen atoms in total. The molecule has 9 heteroatoms. The van der Waals surface area contributed by atoms with Gasteiger partial charge < -0.3 is 16.0 Å². The van der Waals surface area contributed by atoms with Gasteiger partial charge in [0.2, 0.25) is 5.91 Å². The molecule has 0 aliphatic carbocycles. The van der Waals surface area contributed by atoms with Gasteiger partial charge >= 0.3 is 6.18 Å². The number of amides is 1. The van der Waals surface area contributed by atoms with Crippen LogP contribution in [0, 0.1) is 0 Å². The Labute approximate surface area is 142 Å². The topological polar surface area (TPSA) is 68.8 Å². The number of guanidine groups is 1. The third-order valence-electron chi connectivity index (χ3n) is 2.70. The molecule has 0 bridgehead atoms. The molecule has 0 aromatic heterocycles. The van der Waals surface area contributed by atoms with Crippen LogP contribution in [0.2, 0.25) is 0 Å². The monoisotopic (exact) mass is 353 g/mol. The van der Waals surface area contributed by atoms with Gasteiger partial charge in [0.05, 0.1) is 6.54 Å². The highest BCUT2D eigenvalue weighted by atomic mass is 19.4. The van der Waals surface area contributed by atoms with Gasteiger partial charge in [-0.2, -0.15) is 13.2 Å². The van der Waals surface area contributed by atoms with E-state index in [1.165, 1.54) is 11.9 Å². The number of hydrogen-bond donors (Lipinski definition) is 3. The van der Waals surface area contributed by atoms with E-state index in [0.29, 0.717) is 32.0 Å². The minimum Gasteiger partial charge on any atom is -0.357 e. The van der Waals surface area contributed by atoms with Crippen molar-refractivity contribution in [3.63, 3.8) is 0 Å². The number of halogens is 3. The smallest absolute Gasteiger partial charge is 0.357 e. The number of hydrogen-bond acceptors (Lipinski definition) is 3. The average molecular weight is 353 g/mol. The second kappa shape index (κ2) is 10.4. The lowest BCUT2D eigenvalue weighted by atomic mass is 10.1. The van der Waals surface area contributed by atoms with E-state index >= 15 is 0 Å². The molecule has 0 heterocycles. The third kappa shape index (κ3) is 14.1. The summed E-state index contributed by atoms with van der Waals surface area (Å²) >= 11 is 0. The summed E-state index contributed by atoms with van der Waals surface area (Å²) in [5.41, 5.74) is -0.318. The molecule has 0 aliphatic rings. The van der Waals surface area contributed by atoms with E-state index in [2.05, 4.69) is 20.9 Å². The first-order valence-electron chi connectivity index (χ1n) is 8.01. The lowest BCUT2D eigenvalue weighted by molar-refractivity contribution is -0.143. The number of nitrogens with zero attached hydrogens (tertiary/aromatic N) is 2. The summed E-state index contributed by atoms with van der Waals surface area (Å²) in [5, 5.41) is 8.81. The van der Waals surface area contributed by atoms with Gasteiger partial charge in [-0.25, -0.2) is 4.99 Å². The van der Waals surface area contributed by atoms with Gasteiger partial charge in [-0.1, -0.05) is 0 Å². The van der Waals surface area contributed by atoms with Gasteiger partial charge in [0, 0.05) is 18.6 Å². The Bertz CT molecular complexity index is 405. The predicted octanol–water partition coefficient (Wildman–Crippen LogP) is 1.34. The molecule has 0 fully saturated rings. The van der Waals surface area contributed by atoms with Crippen molar-refractivity contribution in [1.82, 2.24) is 20.9 Å². The van der Waals surface area contributed by atoms with Gasteiger partial charge in [-0.15, -0.1) is 0 Å². The summed E-state index contributed by atoms with van der Waals surface area (Å²) in [6.45, 7) is 8.02. The lowest BCUT2D eigenvalue weighted by Gasteiger charge is -2.20. The van der Waals surface area contributed by atoms with Crippen LogP contribution in [-0.2, 0) is 4.79 Å². The van der Waals surface area contributed by atoms with Crippen molar-refractivity contribution in [2.45, 2.75) is 45.8 Å². The fourth-order valence-electron chi connectivity index (χ4n) is 1.89. The van der Waals surface area contributed by atoms with Crippen molar-refractivity contribution >= 4 is 11.9 Å². The van der Waals surface area contributed by atoms with Gasteiger partial charge in [-0.05, 0) is 47.7 Å². The van der Waals surface area contributed by atoms with Crippen LogP contribution in [0.1, 0.15) is 34.1 Å². The van der Waals surface area contributed by atoms with E-state index in [0.717, 1.165) is 0 Å². The van der Waals surface area contributed by atoms with Crippen LogP contribution in [-0.4, -0.2) is 68.3 Å². The van der Waals surface area contributed by atoms with Gasteiger partial charge in [0.15, 0.2) is 5.96 Å². The zero-order valence-electron chi connectivity index (χ0n) is 15.2. The summed E-state index contributed by atoms with van der Waals surface area (Å²) in [6.07, 6.45) is -3.65. The van der Waals surface area contributed by atoms with Crippen molar-refractivity contribution < 1.29 is 18.0 Å². The molecule has 0 rings (SSSR count). The molecule has 3 N–H and O–H groups in total. The summed E-state index contributed by atoms with van der Waals surface area (Å²) in [5.74, 6) is 0.282. The highest BCUT2D eigenvalue weighted by Crippen LogP contribution is 2.15. The molecule has 0 aromatic carbocycles. The van der Waals surface area contributed by atoms with Crippen molar-refractivity contribution in [2.24, 2.45) is 4.99 Å². The van der Waals surface area contributed by atoms with E-state index in [1.807, 2.05) is 27.7 Å². The first-order valence-corrected chi connectivity index (χ1v) is 8.01. The quantitative estimate of drug-likeness (QED) is 0.350. The zero-order valence-corrected chi connectivity index (χ0v) is 15.2. The number of carbonyl (C=O) groups excluding carboxylic acids is 1. The Hall–Kier alpha value is -1.51. The van der Waals surface area contributed by atoms with E-state index < -0.39 is 12.7 Å². The van der Waals surface area contributed by atoms with E-state index in [4.69, 9.17) is 0 Å². The number of nitrogens with one attached hydrogen (secondary N) is 3. The van der Waals surface area contributed by atoms with Gasteiger partial charge in [0.25, 0.3) is 0 Å². The van der Waals surface area contributed by atoms with Crippen LogP contribution in [0.3, 0.4) is 0 Å². The molecule has 0 saturated carbocycles. The fraction of sp³-hybridized carbons (Fsp3) is 0.867. The molecule has 0 atom stereocenters. The van der Waals surface area contributed by atoms with Crippen LogP contribution in [0.15, 0.2) is 4.99 Å². The molecule has 0 radical (unpaired) electrons. The fourth-order valence-corrected chi connectivity index (χ4v) is 1.89. The van der Waals surface area contributed by atoms with E-state index in [-0.39, 0.29) is 18.0 Å². The summed E-state index contributed by atoms with van der Waals surface area (Å²) in [7, 11) is 1.43. The highest BCUT2D eigenvalue weighted by Gasteiger charge is 2.28. The van der Waals surface area contributed by atoms with Gasteiger partial charge in [-0.3, -0.25) is 9.69 Å². The number of rotatable bonds is 8. The third-order valence-corrected chi connectivity index (χ3v) is 2.70. The molecule has 0 aromatic rings. The largest absolute Gasteiger partial charge is 0.401 e. The number of carbonyl (C=O) groups is 1. The van der Waals surface area contributed by atoms with Crippen LogP contribution >= 0.6 is 0 Å². The maximum absolute atomic E-state index is 12.2. The number of alkyl halides is 3. The standard InChI is InChI=1S/C15H30F3N5O/c1-6-19-13(21-10-12(24)22-14(2,3)4)20-8-7-9-23(5)11-15(16,17)18/h6-11H2,1-5H3,(H,22,24)(H2,19,20,21). The molecule has 24 heavy (non-hydrogen) atoms. The maximum atomic E-state index is 12.2.